The van der Waals surface area contributed by atoms with Crippen molar-refractivity contribution in [2.75, 3.05) is 9.80 Å². The van der Waals surface area contributed by atoms with E-state index in [4.69, 9.17) is 0 Å². The Labute approximate surface area is 164 Å². The first-order chi connectivity index (χ1) is 12.7. The first-order valence-electron chi connectivity index (χ1n) is 9.67. The molecule has 0 atom stereocenters. The maximum Gasteiger partial charge on any atom is 0.219 e. The lowest BCUT2D eigenvalue weighted by molar-refractivity contribution is 0.658. The molecule has 0 saturated carbocycles. The Morgan fingerprint density at radius 2 is 1.19 bits per heavy atom. The van der Waals surface area contributed by atoms with E-state index in [1.54, 1.807) is 0 Å². The summed E-state index contributed by atoms with van der Waals surface area (Å²) in [5.41, 5.74) is 10.0. The van der Waals surface area contributed by atoms with Crippen LogP contribution in [0.15, 0.2) is 36.3 Å². The second kappa shape index (κ2) is 7.30. The highest BCUT2D eigenvalue weighted by atomic mass is 15.4. The van der Waals surface area contributed by atoms with E-state index in [0.29, 0.717) is 6.04 Å². The van der Waals surface area contributed by atoms with Gasteiger partial charge in [0.15, 0.2) is 0 Å². The average Bonchev–Trinajstić information content (AvgIpc) is 2.87. The second-order valence-corrected chi connectivity index (χ2v) is 8.11. The van der Waals surface area contributed by atoms with Gasteiger partial charge in [0.1, 0.15) is 5.82 Å². The monoisotopic (exact) mass is 361 g/mol. The molecule has 0 fully saturated rings. The smallest absolute Gasteiger partial charge is 0.219 e. The summed E-state index contributed by atoms with van der Waals surface area (Å²) >= 11 is 0. The summed E-state index contributed by atoms with van der Waals surface area (Å²) in [5.74, 6) is 1.06. The van der Waals surface area contributed by atoms with Gasteiger partial charge in [0.2, 0.25) is 6.67 Å². The fraction of sp³-hybridized carbons (Fsp3) is 0.375. The summed E-state index contributed by atoms with van der Waals surface area (Å²) in [6.45, 7) is 20.9. The van der Waals surface area contributed by atoms with Crippen LogP contribution in [0.3, 0.4) is 0 Å². The Morgan fingerprint density at radius 1 is 0.741 bits per heavy atom. The van der Waals surface area contributed by atoms with Gasteiger partial charge in [-0.25, -0.2) is 0 Å². The second-order valence-electron chi connectivity index (χ2n) is 8.11. The number of nitrogens with zero attached hydrogens (tertiary/aromatic N) is 2. The van der Waals surface area contributed by atoms with Crippen LogP contribution >= 0.6 is 0 Å². The molecule has 0 aromatic heterocycles. The third kappa shape index (κ3) is 3.83. The SMILES string of the molecule is Cc1cc(C)c(N2[C]N(c3c(C)cc(C)cc3C)C(NC(C)C)=C2)c(C)c1. The van der Waals surface area contributed by atoms with Gasteiger partial charge >= 0.3 is 0 Å². The van der Waals surface area contributed by atoms with E-state index in [1.807, 2.05) is 0 Å². The number of anilines is 2. The lowest BCUT2D eigenvalue weighted by Crippen LogP contribution is -2.32. The molecule has 1 aliphatic rings. The van der Waals surface area contributed by atoms with E-state index in [1.165, 1.54) is 44.8 Å². The van der Waals surface area contributed by atoms with Crippen LogP contribution in [0, 0.1) is 48.2 Å². The minimum atomic E-state index is 0.340. The molecular formula is C24H31N3. The number of aryl methyl sites for hydroxylation is 6. The Bertz CT molecular complexity index is 846. The first kappa shape index (κ1) is 19.3. The topological polar surface area (TPSA) is 18.5 Å². The van der Waals surface area contributed by atoms with Crippen molar-refractivity contribution in [3.05, 3.63) is 76.3 Å². The van der Waals surface area contributed by atoms with Crippen LogP contribution in [0.25, 0.3) is 0 Å². The highest BCUT2D eigenvalue weighted by Crippen LogP contribution is 2.37. The highest BCUT2D eigenvalue weighted by Gasteiger charge is 2.29. The molecule has 1 heterocycles. The van der Waals surface area contributed by atoms with Crippen LogP contribution in [0.2, 0.25) is 0 Å². The molecular weight excluding hydrogens is 330 g/mol. The maximum absolute atomic E-state index is 3.59. The van der Waals surface area contributed by atoms with Gasteiger partial charge in [-0.15, -0.1) is 0 Å². The average molecular weight is 362 g/mol. The fourth-order valence-corrected chi connectivity index (χ4v) is 4.13. The van der Waals surface area contributed by atoms with Crippen LogP contribution in [-0.4, -0.2) is 6.04 Å². The molecule has 2 aromatic rings. The summed E-state index contributed by atoms with van der Waals surface area (Å²) in [6, 6.07) is 9.29. The molecule has 27 heavy (non-hydrogen) atoms. The molecule has 0 amide bonds. The van der Waals surface area contributed by atoms with E-state index in [0.717, 1.165) is 5.82 Å². The maximum atomic E-state index is 3.59. The predicted molar refractivity (Wildman–Crippen MR) is 116 cm³/mol. The molecule has 1 aliphatic heterocycles. The van der Waals surface area contributed by atoms with Crippen molar-refractivity contribution >= 4 is 11.4 Å². The minimum absolute atomic E-state index is 0.340. The van der Waals surface area contributed by atoms with Crippen LogP contribution in [-0.2, 0) is 0 Å². The molecule has 0 aliphatic carbocycles. The number of benzene rings is 2. The van der Waals surface area contributed by atoms with Crippen molar-refractivity contribution in [2.45, 2.75) is 61.4 Å². The van der Waals surface area contributed by atoms with Crippen LogP contribution < -0.4 is 15.1 Å². The van der Waals surface area contributed by atoms with E-state index >= 15 is 0 Å². The molecule has 1 N–H and O–H groups in total. The zero-order chi connectivity index (χ0) is 19.9. The summed E-state index contributed by atoms with van der Waals surface area (Å²) < 4.78 is 0. The Morgan fingerprint density at radius 3 is 1.63 bits per heavy atom. The van der Waals surface area contributed by atoms with Gasteiger partial charge in [-0.1, -0.05) is 35.4 Å². The van der Waals surface area contributed by atoms with Gasteiger partial charge in [0, 0.05) is 17.9 Å². The predicted octanol–water partition coefficient (Wildman–Crippen LogP) is 5.66. The Balaban J connectivity index is 2.07. The van der Waals surface area contributed by atoms with Gasteiger partial charge in [-0.2, -0.15) is 0 Å². The third-order valence-electron chi connectivity index (χ3n) is 4.87. The molecule has 2 aromatic carbocycles. The molecule has 0 spiro atoms. The number of rotatable bonds is 4. The Hall–Kier alpha value is -2.42. The molecule has 142 valence electrons. The van der Waals surface area contributed by atoms with Crippen LogP contribution in [0.5, 0.6) is 0 Å². The number of hydrogen-bond acceptors (Lipinski definition) is 3. The van der Waals surface area contributed by atoms with Crippen molar-refractivity contribution < 1.29 is 0 Å². The normalized spacial score (nSPS) is 14.2. The van der Waals surface area contributed by atoms with Gasteiger partial charge < -0.3 is 10.2 Å². The van der Waals surface area contributed by atoms with E-state index in [-0.39, 0.29) is 0 Å². The fourth-order valence-electron chi connectivity index (χ4n) is 4.13. The summed E-state index contributed by atoms with van der Waals surface area (Å²) in [7, 11) is 0. The molecule has 3 nitrogen and oxygen atoms in total. The Kier molecular flexibility index (Phi) is 5.23. The third-order valence-corrected chi connectivity index (χ3v) is 4.87. The van der Waals surface area contributed by atoms with Crippen LogP contribution in [0.4, 0.5) is 11.4 Å². The molecule has 0 saturated heterocycles. The zero-order valence-corrected chi connectivity index (χ0v) is 17.9. The lowest BCUT2D eigenvalue weighted by atomic mass is 10.0. The van der Waals surface area contributed by atoms with E-state index < -0.39 is 0 Å². The van der Waals surface area contributed by atoms with Crippen molar-refractivity contribution in [3.63, 3.8) is 0 Å². The first-order valence-corrected chi connectivity index (χ1v) is 9.67. The van der Waals surface area contributed by atoms with Crippen molar-refractivity contribution in [3.8, 4) is 0 Å². The van der Waals surface area contributed by atoms with Crippen molar-refractivity contribution in [1.29, 1.82) is 0 Å². The quantitative estimate of drug-likeness (QED) is 0.758. The van der Waals surface area contributed by atoms with Gasteiger partial charge in [-0.3, -0.25) is 4.90 Å². The lowest BCUT2D eigenvalue weighted by Gasteiger charge is -2.28. The molecule has 0 bridgehead atoms. The summed E-state index contributed by atoms with van der Waals surface area (Å²) in [6.07, 6.45) is 2.16. The van der Waals surface area contributed by atoms with E-state index in [9.17, 15) is 0 Å². The van der Waals surface area contributed by atoms with E-state index in [2.05, 4.69) is 108 Å². The zero-order valence-electron chi connectivity index (χ0n) is 17.9. The van der Waals surface area contributed by atoms with Gasteiger partial charge in [-0.05, 0) is 77.6 Å². The van der Waals surface area contributed by atoms with Crippen LogP contribution in [0.1, 0.15) is 47.2 Å². The summed E-state index contributed by atoms with van der Waals surface area (Å²) in [5, 5.41) is 3.59. The largest absolute Gasteiger partial charge is 0.368 e. The minimum Gasteiger partial charge on any atom is -0.368 e. The number of nitrogens with one attached hydrogen (secondary N) is 1. The molecule has 0 unspecified atom stereocenters. The number of hydrogen-bond donors (Lipinski definition) is 1. The molecule has 3 rings (SSSR count). The van der Waals surface area contributed by atoms with Gasteiger partial charge in [0.25, 0.3) is 0 Å². The summed E-state index contributed by atoms with van der Waals surface area (Å²) in [4.78, 5) is 4.30. The molecule has 2 radical (unpaired) electrons. The molecule has 3 heteroatoms. The van der Waals surface area contributed by atoms with Gasteiger partial charge in [0.05, 0.1) is 5.69 Å². The van der Waals surface area contributed by atoms with Crippen molar-refractivity contribution in [1.82, 2.24) is 5.32 Å². The standard InChI is InChI=1S/C24H31N3/c1-15(2)25-22-13-26(23-18(5)9-16(3)10-19(23)6)14-27(22)24-20(7)11-17(4)12-21(24)8/h9-13,15,25H,1-8H3. The van der Waals surface area contributed by atoms with Crippen molar-refractivity contribution in [2.24, 2.45) is 0 Å². The highest BCUT2D eigenvalue weighted by molar-refractivity contribution is 5.73.